The first-order valence-electron chi connectivity index (χ1n) is 14.1. The third-order valence-corrected chi connectivity index (χ3v) is 8.80. The lowest BCUT2D eigenvalue weighted by molar-refractivity contribution is -0.122. The molecular weight excluding hydrogens is 495 g/mol. The maximum absolute atomic E-state index is 13.8. The van der Waals surface area contributed by atoms with E-state index in [1.54, 1.807) is 6.07 Å². The second kappa shape index (κ2) is 11.2. The molecule has 1 aliphatic carbocycles. The number of aliphatic hydroxyl groups is 1. The highest BCUT2D eigenvalue weighted by atomic mass is 19.1. The third-order valence-electron chi connectivity index (χ3n) is 8.80. The summed E-state index contributed by atoms with van der Waals surface area (Å²) in [6, 6.07) is 12.2. The lowest BCUT2D eigenvalue weighted by atomic mass is 9.83. The number of carbonyl (C=O) groups is 2. The molecule has 5 rings (SSSR count). The zero-order chi connectivity index (χ0) is 27.7. The average molecular weight is 535 g/mol. The number of nitrogens with two attached hydrogens (primary N) is 1. The Kier molecular flexibility index (Phi) is 7.87. The van der Waals surface area contributed by atoms with Gasteiger partial charge in [0.1, 0.15) is 11.7 Å². The van der Waals surface area contributed by atoms with E-state index < -0.39 is 17.3 Å². The largest absolute Gasteiger partial charge is 0.390 e. The van der Waals surface area contributed by atoms with Crippen molar-refractivity contribution < 1.29 is 19.1 Å². The number of anilines is 1. The molecule has 0 spiro atoms. The van der Waals surface area contributed by atoms with Crippen molar-refractivity contribution in [2.24, 2.45) is 22.6 Å². The first-order chi connectivity index (χ1) is 18.6. The smallest absolute Gasteiger partial charge is 0.278 e. The molecule has 7 nitrogen and oxygen atoms in total. The number of rotatable bonds is 6. The number of hydrogen-bond donors (Lipinski definition) is 2. The van der Waals surface area contributed by atoms with Gasteiger partial charge in [0.15, 0.2) is 0 Å². The number of hydrogen-bond acceptors (Lipinski definition) is 4. The van der Waals surface area contributed by atoms with Gasteiger partial charge < -0.3 is 15.7 Å². The van der Waals surface area contributed by atoms with Crippen molar-refractivity contribution in [1.29, 1.82) is 0 Å². The van der Waals surface area contributed by atoms with Crippen LogP contribution in [0.2, 0.25) is 0 Å². The Morgan fingerprint density at radius 1 is 1.05 bits per heavy atom. The van der Waals surface area contributed by atoms with Gasteiger partial charge in [-0.1, -0.05) is 18.2 Å². The van der Waals surface area contributed by atoms with Crippen LogP contribution in [0, 0.1) is 17.7 Å². The fourth-order valence-corrected chi connectivity index (χ4v) is 6.45. The molecule has 2 aromatic carbocycles. The van der Waals surface area contributed by atoms with Crippen molar-refractivity contribution in [3.63, 3.8) is 0 Å². The van der Waals surface area contributed by atoms with Crippen LogP contribution in [-0.4, -0.2) is 52.4 Å². The number of carbonyl (C=O) groups excluding carboxylic acids is 2. The normalized spacial score (nSPS) is 23.7. The Hall–Kier alpha value is -3.10. The fourth-order valence-electron chi connectivity index (χ4n) is 6.45. The highest BCUT2D eigenvalue weighted by Crippen LogP contribution is 2.38. The number of fused-ring (bicyclic) bond motifs is 1. The van der Waals surface area contributed by atoms with E-state index in [0.29, 0.717) is 31.0 Å². The van der Waals surface area contributed by atoms with Crippen LogP contribution in [0.1, 0.15) is 73.9 Å². The van der Waals surface area contributed by atoms with Gasteiger partial charge in [0.25, 0.3) is 5.91 Å². The molecule has 3 aliphatic rings. The van der Waals surface area contributed by atoms with E-state index >= 15 is 0 Å². The van der Waals surface area contributed by atoms with Gasteiger partial charge in [-0.15, -0.1) is 0 Å². The van der Waals surface area contributed by atoms with Gasteiger partial charge in [-0.05, 0) is 107 Å². The molecule has 2 fully saturated rings. The van der Waals surface area contributed by atoms with E-state index in [4.69, 9.17) is 5.73 Å². The Bertz CT molecular complexity index is 1250. The van der Waals surface area contributed by atoms with Gasteiger partial charge in [0.2, 0.25) is 5.91 Å². The summed E-state index contributed by atoms with van der Waals surface area (Å²) in [4.78, 5) is 33.9. The molecule has 2 aromatic rings. The van der Waals surface area contributed by atoms with Crippen LogP contribution in [0.3, 0.4) is 0 Å². The number of piperidine rings is 1. The van der Waals surface area contributed by atoms with Gasteiger partial charge in [-0.2, -0.15) is 4.99 Å². The minimum absolute atomic E-state index is 0.110. The summed E-state index contributed by atoms with van der Waals surface area (Å²) >= 11 is 0. The number of aliphatic imine (C=N–C) groups is 1. The summed E-state index contributed by atoms with van der Waals surface area (Å²) in [5, 5.41) is 10.4. The van der Waals surface area contributed by atoms with Crippen LogP contribution in [0.25, 0.3) is 0 Å². The Balaban J connectivity index is 1.38. The summed E-state index contributed by atoms with van der Waals surface area (Å²) in [6.07, 6.45) is 5.48. The predicted molar refractivity (Wildman–Crippen MR) is 150 cm³/mol. The number of primary amides is 1. The minimum Gasteiger partial charge on any atom is -0.390 e. The number of likely N-dealkylation sites (tertiary alicyclic amines) is 1. The highest BCUT2D eigenvalue weighted by Gasteiger charge is 2.36. The van der Waals surface area contributed by atoms with Crippen LogP contribution < -0.4 is 10.6 Å². The predicted octanol–water partition coefficient (Wildman–Crippen LogP) is 4.45. The molecule has 39 heavy (non-hydrogen) atoms. The zero-order valence-electron chi connectivity index (χ0n) is 22.9. The molecule has 3 N–H and O–H groups in total. The number of nitrogens with zero attached hydrogens (tertiary/aromatic N) is 3. The molecule has 0 radical (unpaired) electrons. The maximum atomic E-state index is 13.8. The van der Waals surface area contributed by atoms with Crippen LogP contribution >= 0.6 is 0 Å². The van der Waals surface area contributed by atoms with Gasteiger partial charge >= 0.3 is 0 Å². The Labute approximate surface area is 229 Å². The van der Waals surface area contributed by atoms with Crippen molar-refractivity contribution >= 4 is 23.3 Å². The average Bonchev–Trinajstić information content (AvgIpc) is 3.25. The highest BCUT2D eigenvalue weighted by molar-refractivity contribution is 6.12. The van der Waals surface area contributed by atoms with Crippen LogP contribution in [-0.2, 0) is 17.8 Å². The molecule has 208 valence electrons. The molecule has 0 aromatic heterocycles. The third kappa shape index (κ3) is 6.23. The van der Waals surface area contributed by atoms with E-state index in [2.05, 4.69) is 33.0 Å². The van der Waals surface area contributed by atoms with Gasteiger partial charge in [-0.25, -0.2) is 4.39 Å². The summed E-state index contributed by atoms with van der Waals surface area (Å²) in [5.41, 5.74) is 8.54. The first-order valence-corrected chi connectivity index (χ1v) is 14.1. The zero-order valence-corrected chi connectivity index (χ0v) is 22.9. The Morgan fingerprint density at radius 2 is 1.77 bits per heavy atom. The van der Waals surface area contributed by atoms with E-state index in [1.165, 1.54) is 23.8 Å². The minimum atomic E-state index is -0.646. The fraction of sp³-hybridized carbons (Fsp3) is 0.516. The van der Waals surface area contributed by atoms with Crippen LogP contribution in [0.5, 0.6) is 0 Å². The van der Waals surface area contributed by atoms with Gasteiger partial charge in [0, 0.05) is 36.2 Å². The summed E-state index contributed by atoms with van der Waals surface area (Å²) in [6.45, 7) is 6.51. The lowest BCUT2D eigenvalue weighted by Gasteiger charge is -2.38. The van der Waals surface area contributed by atoms with Crippen LogP contribution in [0.15, 0.2) is 47.5 Å². The number of benzene rings is 2. The quantitative estimate of drug-likeness (QED) is 0.570. The number of amidine groups is 1. The maximum Gasteiger partial charge on any atom is 0.278 e. The van der Waals surface area contributed by atoms with Crippen molar-refractivity contribution in [2.75, 3.05) is 18.0 Å². The first kappa shape index (κ1) is 27.5. The van der Waals surface area contributed by atoms with Gasteiger partial charge in [0.05, 0.1) is 5.60 Å². The van der Waals surface area contributed by atoms with Crippen molar-refractivity contribution in [2.45, 2.75) is 77.0 Å². The summed E-state index contributed by atoms with van der Waals surface area (Å²) in [7, 11) is 0. The second-order valence-corrected chi connectivity index (χ2v) is 12.0. The van der Waals surface area contributed by atoms with E-state index in [9.17, 15) is 19.1 Å². The van der Waals surface area contributed by atoms with Crippen molar-refractivity contribution in [1.82, 2.24) is 4.90 Å². The molecule has 0 atom stereocenters. The number of halogens is 1. The SMILES string of the molecule is CC(C)(O)C1CCN(Cc2ccc3c(c2)N(C2CCC(C(N)=O)CC2)C(=NC(=O)c2cccc(F)c2)C3)CC1. The second-order valence-electron chi connectivity index (χ2n) is 12.0. The molecule has 2 aliphatic heterocycles. The van der Waals surface area contributed by atoms with E-state index in [-0.39, 0.29) is 23.4 Å². The summed E-state index contributed by atoms with van der Waals surface area (Å²) < 4.78 is 13.8. The molecule has 8 heteroatoms. The monoisotopic (exact) mass is 534 g/mol. The summed E-state index contributed by atoms with van der Waals surface area (Å²) in [5.74, 6) is -0.298. The topological polar surface area (TPSA) is 99.2 Å². The molecular formula is C31H39FN4O3. The van der Waals surface area contributed by atoms with E-state index in [1.807, 2.05) is 13.8 Å². The lowest BCUT2D eigenvalue weighted by Crippen LogP contribution is -2.42. The molecule has 1 saturated heterocycles. The standard InChI is InChI=1S/C31H39FN4O3/c1-31(2,39)24-12-14-35(15-13-24)19-20-6-7-22-18-28(34-30(38)23-4-3-5-25(32)17-23)36(27(22)16-20)26-10-8-21(9-11-26)29(33)37/h3-7,16-17,21,24,26,39H,8-15,18-19H2,1-2H3,(H2,33,37). The van der Waals surface area contributed by atoms with Crippen LogP contribution in [0.4, 0.5) is 10.1 Å². The van der Waals surface area contributed by atoms with Crippen molar-refractivity contribution in [3.05, 3.63) is 65.0 Å². The molecule has 2 amide bonds. The molecule has 0 bridgehead atoms. The Morgan fingerprint density at radius 3 is 2.41 bits per heavy atom. The molecule has 2 heterocycles. The van der Waals surface area contributed by atoms with Gasteiger partial charge in [-0.3, -0.25) is 14.5 Å². The van der Waals surface area contributed by atoms with Crippen molar-refractivity contribution in [3.8, 4) is 0 Å². The number of amides is 2. The van der Waals surface area contributed by atoms with E-state index in [0.717, 1.165) is 56.6 Å². The molecule has 0 unspecified atom stereocenters. The molecule has 1 saturated carbocycles.